The maximum atomic E-state index is 12.4. The number of nitrogens with zero attached hydrogens (tertiary/aromatic N) is 1. The molecule has 2 aliphatic rings. The van der Waals surface area contributed by atoms with Gasteiger partial charge in [-0.05, 0) is 60.1 Å². The molecule has 0 saturated carbocycles. The van der Waals surface area contributed by atoms with E-state index in [0.717, 1.165) is 44.6 Å². The number of rotatable bonds is 1. The summed E-state index contributed by atoms with van der Waals surface area (Å²) in [5.41, 5.74) is 1.34. The Balaban J connectivity index is 1.68. The van der Waals surface area contributed by atoms with E-state index in [4.69, 9.17) is 4.42 Å². The summed E-state index contributed by atoms with van der Waals surface area (Å²) in [7, 11) is 0. The summed E-state index contributed by atoms with van der Waals surface area (Å²) in [6.45, 7) is 5.84. The van der Waals surface area contributed by atoms with E-state index < -0.39 is 0 Å². The largest absolute Gasteiger partial charge is 0.444 e. The van der Waals surface area contributed by atoms with Crippen LogP contribution in [0.1, 0.15) is 35.4 Å². The first-order chi connectivity index (χ1) is 9.10. The molecule has 2 fully saturated rings. The SMILES string of the molecule is Cc1cc(Br)oc1C(=O)N1CCC2(CCNC2)CC1. The minimum Gasteiger partial charge on any atom is -0.444 e. The second-order valence-electron chi connectivity index (χ2n) is 5.78. The molecule has 5 heteroatoms. The molecular formula is C14H19BrN2O2. The maximum Gasteiger partial charge on any atom is 0.289 e. The van der Waals surface area contributed by atoms with E-state index >= 15 is 0 Å². The van der Waals surface area contributed by atoms with Crippen LogP contribution in [0.5, 0.6) is 0 Å². The molecule has 1 aromatic heterocycles. The third-order valence-corrected chi connectivity index (χ3v) is 4.92. The lowest BCUT2D eigenvalue weighted by Gasteiger charge is -2.38. The van der Waals surface area contributed by atoms with Crippen molar-refractivity contribution < 1.29 is 9.21 Å². The van der Waals surface area contributed by atoms with Crippen LogP contribution in [0.15, 0.2) is 15.2 Å². The van der Waals surface area contributed by atoms with E-state index in [1.54, 1.807) is 0 Å². The lowest BCUT2D eigenvalue weighted by Crippen LogP contribution is -2.44. The van der Waals surface area contributed by atoms with Gasteiger partial charge in [0.25, 0.3) is 5.91 Å². The van der Waals surface area contributed by atoms with Crippen LogP contribution >= 0.6 is 15.9 Å². The number of carbonyl (C=O) groups is 1. The minimum absolute atomic E-state index is 0.0315. The van der Waals surface area contributed by atoms with Crippen molar-refractivity contribution in [2.24, 2.45) is 5.41 Å². The van der Waals surface area contributed by atoms with E-state index in [1.807, 2.05) is 17.9 Å². The summed E-state index contributed by atoms with van der Waals surface area (Å²) in [6.07, 6.45) is 3.46. The molecule has 0 radical (unpaired) electrons. The molecule has 19 heavy (non-hydrogen) atoms. The lowest BCUT2D eigenvalue weighted by atomic mass is 9.78. The number of carbonyl (C=O) groups excluding carboxylic acids is 1. The summed E-state index contributed by atoms with van der Waals surface area (Å²) in [5, 5.41) is 3.44. The topological polar surface area (TPSA) is 45.5 Å². The van der Waals surface area contributed by atoms with Crippen LogP contribution in [0.25, 0.3) is 0 Å². The second kappa shape index (κ2) is 4.94. The van der Waals surface area contributed by atoms with Crippen molar-refractivity contribution in [2.75, 3.05) is 26.2 Å². The van der Waals surface area contributed by atoms with Gasteiger partial charge in [0.15, 0.2) is 10.4 Å². The smallest absolute Gasteiger partial charge is 0.289 e. The molecule has 1 aromatic rings. The van der Waals surface area contributed by atoms with E-state index in [-0.39, 0.29) is 5.91 Å². The molecule has 1 amide bonds. The number of nitrogens with one attached hydrogen (secondary N) is 1. The number of hydrogen-bond acceptors (Lipinski definition) is 3. The van der Waals surface area contributed by atoms with Gasteiger partial charge in [-0.3, -0.25) is 4.79 Å². The zero-order valence-corrected chi connectivity index (χ0v) is 12.8. The summed E-state index contributed by atoms with van der Waals surface area (Å²) >= 11 is 3.28. The number of aryl methyl sites for hydroxylation is 1. The van der Waals surface area contributed by atoms with Crippen molar-refractivity contribution in [3.05, 3.63) is 22.1 Å². The molecule has 0 aromatic carbocycles. The van der Waals surface area contributed by atoms with Gasteiger partial charge >= 0.3 is 0 Å². The fourth-order valence-corrected chi connectivity index (χ4v) is 3.71. The number of piperidine rings is 1. The molecule has 0 aliphatic carbocycles. The van der Waals surface area contributed by atoms with Crippen molar-refractivity contribution in [2.45, 2.75) is 26.2 Å². The highest BCUT2D eigenvalue weighted by molar-refractivity contribution is 9.10. The molecular weight excluding hydrogens is 308 g/mol. The van der Waals surface area contributed by atoms with E-state index in [9.17, 15) is 4.79 Å². The Morgan fingerprint density at radius 2 is 2.16 bits per heavy atom. The second-order valence-corrected chi connectivity index (χ2v) is 6.56. The van der Waals surface area contributed by atoms with Crippen LogP contribution in [0, 0.1) is 12.3 Å². The first-order valence-corrected chi connectivity index (χ1v) is 7.65. The van der Waals surface area contributed by atoms with Crippen molar-refractivity contribution in [3.63, 3.8) is 0 Å². The van der Waals surface area contributed by atoms with Crippen molar-refractivity contribution in [3.8, 4) is 0 Å². The summed E-state index contributed by atoms with van der Waals surface area (Å²) in [5.74, 6) is 0.511. The van der Waals surface area contributed by atoms with Crippen LogP contribution in [-0.2, 0) is 0 Å². The maximum absolute atomic E-state index is 12.4. The van der Waals surface area contributed by atoms with Gasteiger partial charge in [-0.2, -0.15) is 0 Å². The Bertz CT molecular complexity index is 482. The number of halogens is 1. The predicted molar refractivity (Wildman–Crippen MR) is 76.2 cm³/mol. The molecule has 2 saturated heterocycles. The third-order valence-electron chi connectivity index (χ3n) is 4.53. The molecule has 104 valence electrons. The minimum atomic E-state index is 0.0315. The summed E-state index contributed by atoms with van der Waals surface area (Å²) in [4.78, 5) is 14.4. The Morgan fingerprint density at radius 3 is 2.68 bits per heavy atom. The van der Waals surface area contributed by atoms with Gasteiger partial charge in [0.1, 0.15) is 0 Å². The fourth-order valence-electron chi connectivity index (χ4n) is 3.21. The number of hydrogen-bond donors (Lipinski definition) is 1. The average molecular weight is 327 g/mol. The first-order valence-electron chi connectivity index (χ1n) is 6.86. The highest BCUT2D eigenvalue weighted by Crippen LogP contribution is 2.37. The highest BCUT2D eigenvalue weighted by atomic mass is 79.9. The Kier molecular flexibility index (Phi) is 3.43. The van der Waals surface area contributed by atoms with E-state index in [0.29, 0.717) is 15.8 Å². The monoisotopic (exact) mass is 326 g/mol. The van der Waals surface area contributed by atoms with Crippen LogP contribution in [0.3, 0.4) is 0 Å². The van der Waals surface area contributed by atoms with Gasteiger partial charge in [-0.15, -0.1) is 0 Å². The number of furan rings is 1. The van der Waals surface area contributed by atoms with E-state index in [2.05, 4.69) is 21.2 Å². The summed E-state index contributed by atoms with van der Waals surface area (Å²) in [6, 6.07) is 1.85. The predicted octanol–water partition coefficient (Wildman–Crippen LogP) is 2.57. The van der Waals surface area contributed by atoms with Gasteiger partial charge in [0, 0.05) is 25.2 Å². The van der Waals surface area contributed by atoms with Crippen LogP contribution < -0.4 is 5.32 Å². The molecule has 4 nitrogen and oxygen atoms in total. The number of amides is 1. The molecule has 0 unspecified atom stereocenters. The molecule has 0 bridgehead atoms. The standard InChI is InChI=1S/C14H19BrN2O2/c1-10-8-11(15)19-12(10)13(18)17-6-3-14(4-7-17)2-5-16-9-14/h8,16H,2-7,9H2,1H3. The number of likely N-dealkylation sites (tertiary alicyclic amines) is 1. The third kappa shape index (κ3) is 2.46. The van der Waals surface area contributed by atoms with Gasteiger partial charge in [0.05, 0.1) is 0 Å². The van der Waals surface area contributed by atoms with E-state index in [1.165, 1.54) is 6.42 Å². The van der Waals surface area contributed by atoms with Crippen molar-refractivity contribution in [1.29, 1.82) is 0 Å². The van der Waals surface area contributed by atoms with Crippen LogP contribution in [-0.4, -0.2) is 37.0 Å². The Labute approximate surface area is 121 Å². The molecule has 3 heterocycles. The van der Waals surface area contributed by atoms with Crippen molar-refractivity contribution >= 4 is 21.8 Å². The van der Waals surface area contributed by atoms with Gasteiger partial charge < -0.3 is 14.6 Å². The molecule has 1 spiro atoms. The van der Waals surface area contributed by atoms with Gasteiger partial charge in [0.2, 0.25) is 0 Å². The molecule has 0 atom stereocenters. The van der Waals surface area contributed by atoms with Crippen LogP contribution in [0.2, 0.25) is 0 Å². The van der Waals surface area contributed by atoms with Gasteiger partial charge in [-0.25, -0.2) is 0 Å². The Morgan fingerprint density at radius 1 is 1.42 bits per heavy atom. The first kappa shape index (κ1) is 13.2. The summed E-state index contributed by atoms with van der Waals surface area (Å²) < 4.78 is 6.09. The highest BCUT2D eigenvalue weighted by Gasteiger charge is 2.38. The van der Waals surface area contributed by atoms with Crippen LogP contribution in [0.4, 0.5) is 0 Å². The van der Waals surface area contributed by atoms with Gasteiger partial charge in [-0.1, -0.05) is 0 Å². The van der Waals surface area contributed by atoms with Crippen molar-refractivity contribution in [1.82, 2.24) is 10.2 Å². The average Bonchev–Trinajstić information content (AvgIpc) is 2.97. The molecule has 2 aliphatic heterocycles. The lowest BCUT2D eigenvalue weighted by molar-refractivity contribution is 0.0575. The Hall–Kier alpha value is -0.810. The zero-order valence-electron chi connectivity index (χ0n) is 11.2. The molecule has 1 N–H and O–H groups in total. The fraction of sp³-hybridized carbons (Fsp3) is 0.643. The quantitative estimate of drug-likeness (QED) is 0.862. The molecule has 3 rings (SSSR count). The zero-order chi connectivity index (χ0) is 13.5. The normalized spacial score (nSPS) is 22.1.